The zero-order chi connectivity index (χ0) is 21.4. The van der Waals surface area contributed by atoms with Crippen molar-refractivity contribution < 1.29 is 33.6 Å². The maximum Gasteiger partial charge on any atom is 0.210 e. The van der Waals surface area contributed by atoms with E-state index in [2.05, 4.69) is 0 Å². The van der Waals surface area contributed by atoms with Crippen molar-refractivity contribution in [3.8, 4) is 0 Å². The molecule has 0 spiro atoms. The van der Waals surface area contributed by atoms with Gasteiger partial charge in [-0.1, -0.05) is 30.3 Å². The Morgan fingerprint density at radius 2 is 1.77 bits per heavy atom. The van der Waals surface area contributed by atoms with Crippen LogP contribution < -0.4 is 0 Å². The van der Waals surface area contributed by atoms with Crippen molar-refractivity contribution in [2.75, 3.05) is 53.9 Å². The minimum atomic E-state index is -1.47. The van der Waals surface area contributed by atoms with Gasteiger partial charge >= 0.3 is 0 Å². The van der Waals surface area contributed by atoms with Crippen molar-refractivity contribution in [3.63, 3.8) is 0 Å². The summed E-state index contributed by atoms with van der Waals surface area (Å²) in [5.74, 6) is -0.0624. The molecule has 7 heteroatoms. The second-order valence-electron chi connectivity index (χ2n) is 7.64. The Morgan fingerprint density at radius 1 is 1.07 bits per heavy atom. The number of carbonyl (C=O) groups excluding carboxylic acids is 1. The van der Waals surface area contributed by atoms with E-state index in [-0.39, 0.29) is 36.6 Å². The SMILES string of the molecule is COCCOCCC1=C(O)C(OCCOC)(C(c2ccccc2)C2CC2)C(=O)CO1. The average Bonchev–Trinajstić information content (AvgIpc) is 3.59. The largest absolute Gasteiger partial charge is 0.506 e. The van der Waals surface area contributed by atoms with E-state index in [4.69, 9.17) is 23.7 Å². The van der Waals surface area contributed by atoms with Crippen molar-refractivity contribution in [2.24, 2.45) is 5.92 Å². The van der Waals surface area contributed by atoms with Crippen LogP contribution in [0.4, 0.5) is 0 Å². The van der Waals surface area contributed by atoms with Gasteiger partial charge in [0.2, 0.25) is 5.78 Å². The van der Waals surface area contributed by atoms with Gasteiger partial charge in [0.15, 0.2) is 11.4 Å². The summed E-state index contributed by atoms with van der Waals surface area (Å²) in [5.41, 5.74) is -0.490. The van der Waals surface area contributed by atoms with Crippen LogP contribution in [0, 0.1) is 5.92 Å². The van der Waals surface area contributed by atoms with Crippen LogP contribution in [0.3, 0.4) is 0 Å². The van der Waals surface area contributed by atoms with E-state index in [1.807, 2.05) is 30.3 Å². The number of aliphatic hydroxyl groups excluding tert-OH is 1. The number of carbonyl (C=O) groups is 1. The fraction of sp³-hybridized carbons (Fsp3) is 0.609. The quantitative estimate of drug-likeness (QED) is 0.491. The van der Waals surface area contributed by atoms with E-state index < -0.39 is 5.60 Å². The van der Waals surface area contributed by atoms with Gasteiger partial charge in [0.05, 0.1) is 33.0 Å². The molecule has 166 valence electrons. The molecule has 1 heterocycles. The van der Waals surface area contributed by atoms with Crippen LogP contribution in [0.2, 0.25) is 0 Å². The van der Waals surface area contributed by atoms with Crippen molar-refractivity contribution in [3.05, 3.63) is 47.4 Å². The highest BCUT2D eigenvalue weighted by Gasteiger charge is 2.58. The highest BCUT2D eigenvalue weighted by molar-refractivity contribution is 5.94. The molecule has 1 N–H and O–H groups in total. The molecule has 0 aromatic heterocycles. The minimum Gasteiger partial charge on any atom is -0.506 e. The molecule has 0 saturated heterocycles. The number of benzene rings is 1. The van der Waals surface area contributed by atoms with E-state index in [0.29, 0.717) is 38.6 Å². The molecule has 2 unspecified atom stereocenters. The first-order chi connectivity index (χ1) is 14.6. The van der Waals surface area contributed by atoms with Crippen LogP contribution in [-0.2, 0) is 28.5 Å². The second kappa shape index (κ2) is 10.9. The Labute approximate surface area is 177 Å². The average molecular weight is 421 g/mol. The van der Waals surface area contributed by atoms with Crippen molar-refractivity contribution in [1.29, 1.82) is 0 Å². The topological polar surface area (TPSA) is 83.5 Å². The van der Waals surface area contributed by atoms with Gasteiger partial charge in [0.25, 0.3) is 0 Å². The van der Waals surface area contributed by atoms with Crippen LogP contribution in [0.25, 0.3) is 0 Å². The number of hydrogen-bond acceptors (Lipinski definition) is 7. The number of Topliss-reactive ketones (excluding diaryl/α,β-unsaturated/α-hetero) is 1. The molecule has 0 bridgehead atoms. The summed E-state index contributed by atoms with van der Waals surface area (Å²) in [6.45, 7) is 1.68. The van der Waals surface area contributed by atoms with Gasteiger partial charge in [-0.15, -0.1) is 0 Å². The molecular weight excluding hydrogens is 388 g/mol. The van der Waals surface area contributed by atoms with Gasteiger partial charge in [-0.25, -0.2) is 0 Å². The zero-order valence-corrected chi connectivity index (χ0v) is 17.8. The molecule has 1 aliphatic carbocycles. The predicted molar refractivity (Wildman–Crippen MR) is 110 cm³/mol. The fourth-order valence-corrected chi connectivity index (χ4v) is 4.04. The summed E-state index contributed by atoms with van der Waals surface area (Å²) in [5, 5.41) is 11.3. The first kappa shape index (κ1) is 22.7. The van der Waals surface area contributed by atoms with Crippen molar-refractivity contribution in [1.82, 2.24) is 0 Å². The molecule has 1 aliphatic heterocycles. The maximum atomic E-state index is 13.3. The highest BCUT2D eigenvalue weighted by atomic mass is 16.6. The van der Waals surface area contributed by atoms with E-state index in [1.165, 1.54) is 0 Å². The number of methoxy groups -OCH3 is 2. The van der Waals surface area contributed by atoms with E-state index in [9.17, 15) is 9.90 Å². The van der Waals surface area contributed by atoms with Gasteiger partial charge in [-0.05, 0) is 24.3 Å². The minimum absolute atomic E-state index is 0.133. The molecule has 1 aromatic carbocycles. The van der Waals surface area contributed by atoms with Gasteiger partial charge in [-0.2, -0.15) is 0 Å². The summed E-state index contributed by atoms with van der Waals surface area (Å²) in [7, 11) is 3.19. The van der Waals surface area contributed by atoms with Gasteiger partial charge < -0.3 is 28.8 Å². The Morgan fingerprint density at radius 3 is 2.43 bits per heavy atom. The highest BCUT2D eigenvalue weighted by Crippen LogP contribution is 2.53. The lowest BCUT2D eigenvalue weighted by atomic mass is 9.73. The number of rotatable bonds is 13. The lowest BCUT2D eigenvalue weighted by molar-refractivity contribution is -0.160. The van der Waals surface area contributed by atoms with Crippen molar-refractivity contribution in [2.45, 2.75) is 30.8 Å². The lowest BCUT2D eigenvalue weighted by Crippen LogP contribution is -2.54. The first-order valence-corrected chi connectivity index (χ1v) is 10.5. The molecule has 0 amide bonds. The summed E-state index contributed by atoms with van der Waals surface area (Å²) < 4.78 is 27.5. The third-order valence-electron chi connectivity index (χ3n) is 5.62. The fourth-order valence-electron chi connectivity index (χ4n) is 4.04. The number of ketones is 1. The van der Waals surface area contributed by atoms with E-state index in [1.54, 1.807) is 14.2 Å². The molecule has 3 rings (SSSR count). The summed E-state index contributed by atoms with van der Waals surface area (Å²) >= 11 is 0. The number of hydrogen-bond donors (Lipinski definition) is 1. The summed E-state index contributed by atoms with van der Waals surface area (Å²) in [6.07, 6.45) is 2.34. The van der Waals surface area contributed by atoms with Gasteiger partial charge in [0, 0.05) is 26.6 Å². The molecule has 1 aromatic rings. The normalized spacial score (nSPS) is 22.8. The maximum absolute atomic E-state index is 13.3. The van der Waals surface area contributed by atoms with Crippen LogP contribution in [0.5, 0.6) is 0 Å². The first-order valence-electron chi connectivity index (χ1n) is 10.5. The van der Waals surface area contributed by atoms with Crippen LogP contribution in [0.1, 0.15) is 30.7 Å². The Hall–Kier alpha value is -1.93. The molecule has 30 heavy (non-hydrogen) atoms. The molecule has 2 aliphatic rings. The van der Waals surface area contributed by atoms with E-state index in [0.717, 1.165) is 18.4 Å². The Kier molecular flexibility index (Phi) is 8.27. The molecule has 0 radical (unpaired) electrons. The van der Waals surface area contributed by atoms with Crippen LogP contribution >= 0.6 is 0 Å². The molecule has 1 saturated carbocycles. The van der Waals surface area contributed by atoms with Crippen LogP contribution in [0.15, 0.2) is 41.9 Å². The zero-order valence-electron chi connectivity index (χ0n) is 17.8. The van der Waals surface area contributed by atoms with Gasteiger partial charge in [0.1, 0.15) is 12.4 Å². The smallest absolute Gasteiger partial charge is 0.210 e. The lowest BCUT2D eigenvalue weighted by Gasteiger charge is -2.42. The second-order valence-corrected chi connectivity index (χ2v) is 7.64. The predicted octanol–water partition coefficient (Wildman–Crippen LogP) is 3.00. The van der Waals surface area contributed by atoms with Crippen LogP contribution in [-0.4, -0.2) is 70.4 Å². The molecule has 2 atom stereocenters. The summed E-state index contributed by atoms with van der Waals surface area (Å²) in [6, 6.07) is 9.82. The van der Waals surface area contributed by atoms with Gasteiger partial charge in [-0.3, -0.25) is 4.79 Å². The number of ether oxygens (including phenoxy) is 5. The summed E-state index contributed by atoms with van der Waals surface area (Å²) in [4.78, 5) is 13.3. The Balaban J connectivity index is 1.94. The standard InChI is InChI=1S/C23H32O7/c1-26-12-14-28-11-10-19-22(25)23(20(24)16-29-19,30-15-13-27-2)21(18-8-9-18)17-6-4-3-5-7-17/h3-7,18,21,25H,8-16H2,1-2H3. The number of aliphatic hydroxyl groups is 1. The molecule has 7 nitrogen and oxygen atoms in total. The third kappa shape index (κ3) is 5.03. The Bertz CT molecular complexity index is 714. The molecule has 1 fully saturated rings. The monoisotopic (exact) mass is 420 g/mol. The molecular formula is C23H32O7. The van der Waals surface area contributed by atoms with Crippen molar-refractivity contribution >= 4 is 5.78 Å². The van der Waals surface area contributed by atoms with E-state index >= 15 is 0 Å². The third-order valence-corrected chi connectivity index (χ3v) is 5.62.